The fraction of sp³-hybridized carbons (Fsp3) is 0.830. The first kappa shape index (κ1) is 57.1. The normalized spacial score (nSPS) is 14.7. The van der Waals surface area contributed by atoms with E-state index in [-0.39, 0.29) is 12.8 Å². The first-order valence-corrected chi connectivity index (χ1v) is 24.9. The van der Waals surface area contributed by atoms with Gasteiger partial charge >= 0.3 is 19.8 Å². The molecule has 0 aromatic carbocycles. The van der Waals surface area contributed by atoms with E-state index in [4.69, 9.17) is 19.1 Å². The zero-order valence-corrected chi connectivity index (χ0v) is 38.4. The van der Waals surface area contributed by atoms with Gasteiger partial charge in [-0.15, -0.1) is 0 Å². The molecular formula is C47H87O11P. The minimum atomic E-state index is -4.66. The monoisotopic (exact) mass is 859 g/mol. The van der Waals surface area contributed by atoms with Gasteiger partial charge in [0, 0.05) is 12.8 Å². The highest BCUT2D eigenvalue weighted by Crippen LogP contribution is 2.43. The summed E-state index contributed by atoms with van der Waals surface area (Å²) in [4.78, 5) is 35.1. The van der Waals surface area contributed by atoms with E-state index in [0.717, 1.165) is 38.0 Å². The van der Waals surface area contributed by atoms with E-state index in [1.165, 1.54) is 116 Å². The predicted octanol–water partition coefficient (Wildman–Crippen LogP) is 11.6. The van der Waals surface area contributed by atoms with Crippen LogP contribution in [0.15, 0.2) is 36.5 Å². The molecular weight excluding hydrogens is 771 g/mol. The Morgan fingerprint density at radius 1 is 0.610 bits per heavy atom. The van der Waals surface area contributed by atoms with Gasteiger partial charge in [-0.1, -0.05) is 186 Å². The summed E-state index contributed by atoms with van der Waals surface area (Å²) < 4.78 is 32.6. The summed E-state index contributed by atoms with van der Waals surface area (Å²) in [7, 11) is -4.66. The van der Waals surface area contributed by atoms with Crippen LogP contribution in [0.2, 0.25) is 0 Å². The quantitative estimate of drug-likeness (QED) is 0.0151. The Labute approximate surface area is 359 Å². The van der Waals surface area contributed by atoms with Crippen LogP contribution in [0.3, 0.4) is 0 Å². The van der Waals surface area contributed by atoms with Gasteiger partial charge in [-0.05, 0) is 44.4 Å². The molecule has 4 N–H and O–H groups in total. The average Bonchev–Trinajstić information content (AvgIpc) is 3.20. The molecule has 0 amide bonds. The van der Waals surface area contributed by atoms with Crippen molar-refractivity contribution in [3.8, 4) is 0 Å². The van der Waals surface area contributed by atoms with Crippen molar-refractivity contribution in [2.75, 3.05) is 26.4 Å². The van der Waals surface area contributed by atoms with Crippen LogP contribution in [0.1, 0.15) is 201 Å². The van der Waals surface area contributed by atoms with Crippen LogP contribution in [0, 0.1) is 5.92 Å². The molecule has 0 bridgehead atoms. The third kappa shape index (κ3) is 42.6. The van der Waals surface area contributed by atoms with Crippen molar-refractivity contribution in [3.05, 3.63) is 36.5 Å². The van der Waals surface area contributed by atoms with Crippen LogP contribution in [0.25, 0.3) is 0 Å². The molecule has 0 rings (SSSR count). The van der Waals surface area contributed by atoms with E-state index < -0.39 is 64.5 Å². The molecule has 0 aliphatic rings. The molecule has 0 aliphatic carbocycles. The molecule has 0 aromatic heterocycles. The van der Waals surface area contributed by atoms with E-state index in [9.17, 15) is 29.3 Å². The highest BCUT2D eigenvalue weighted by atomic mass is 31.2. The fourth-order valence-corrected chi connectivity index (χ4v) is 7.21. The fourth-order valence-electron chi connectivity index (χ4n) is 6.42. The van der Waals surface area contributed by atoms with Gasteiger partial charge in [0.1, 0.15) is 12.7 Å². The Balaban J connectivity index is 4.40. The molecule has 346 valence electrons. The van der Waals surface area contributed by atoms with E-state index in [2.05, 4.69) is 37.4 Å². The van der Waals surface area contributed by atoms with Crippen molar-refractivity contribution in [1.29, 1.82) is 0 Å². The minimum absolute atomic E-state index is 0.0189. The van der Waals surface area contributed by atoms with Crippen LogP contribution >= 0.6 is 7.82 Å². The zero-order chi connectivity index (χ0) is 43.7. The lowest BCUT2D eigenvalue weighted by Crippen LogP contribution is -2.30. The van der Waals surface area contributed by atoms with E-state index >= 15 is 0 Å². The van der Waals surface area contributed by atoms with E-state index in [1.807, 2.05) is 12.2 Å². The molecule has 0 saturated carbocycles. The lowest BCUT2D eigenvalue weighted by atomic mass is 10.0. The zero-order valence-electron chi connectivity index (χ0n) is 37.5. The minimum Gasteiger partial charge on any atom is -0.462 e. The Hall–Kier alpha value is -1.85. The highest BCUT2D eigenvalue weighted by molar-refractivity contribution is 7.47. The third-order valence-electron chi connectivity index (χ3n) is 10.1. The molecule has 0 fully saturated rings. The van der Waals surface area contributed by atoms with Crippen molar-refractivity contribution in [3.63, 3.8) is 0 Å². The van der Waals surface area contributed by atoms with Crippen LogP contribution in [-0.2, 0) is 32.7 Å². The Morgan fingerprint density at radius 3 is 1.75 bits per heavy atom. The Bertz CT molecular complexity index is 1110. The first-order valence-electron chi connectivity index (χ1n) is 23.4. The molecule has 0 heterocycles. The van der Waals surface area contributed by atoms with Gasteiger partial charge in [-0.2, -0.15) is 0 Å². The van der Waals surface area contributed by atoms with Gasteiger partial charge in [0.05, 0.1) is 25.9 Å². The topological polar surface area (TPSA) is 169 Å². The first-order chi connectivity index (χ1) is 28.5. The van der Waals surface area contributed by atoms with Crippen molar-refractivity contribution < 1.29 is 52.9 Å². The van der Waals surface area contributed by atoms with Crippen molar-refractivity contribution in [2.24, 2.45) is 5.92 Å². The molecule has 4 atom stereocenters. The maximum atomic E-state index is 12.6. The van der Waals surface area contributed by atoms with Crippen molar-refractivity contribution in [2.45, 2.75) is 219 Å². The smallest absolute Gasteiger partial charge is 0.462 e. The van der Waals surface area contributed by atoms with E-state index in [1.54, 1.807) is 12.2 Å². The second-order valence-electron chi connectivity index (χ2n) is 16.5. The van der Waals surface area contributed by atoms with Crippen LogP contribution in [-0.4, -0.2) is 76.9 Å². The molecule has 59 heavy (non-hydrogen) atoms. The summed E-state index contributed by atoms with van der Waals surface area (Å²) in [5, 5.41) is 28.6. The van der Waals surface area contributed by atoms with Gasteiger partial charge in [-0.25, -0.2) is 4.57 Å². The number of phosphoric acid groups is 1. The molecule has 11 nitrogen and oxygen atoms in total. The van der Waals surface area contributed by atoms with Crippen molar-refractivity contribution in [1.82, 2.24) is 0 Å². The number of aliphatic hydroxyl groups is 3. The van der Waals surface area contributed by atoms with Crippen LogP contribution < -0.4 is 0 Å². The predicted molar refractivity (Wildman–Crippen MR) is 239 cm³/mol. The number of unbranched alkanes of at least 4 members (excludes halogenated alkanes) is 20. The van der Waals surface area contributed by atoms with Gasteiger partial charge in [-0.3, -0.25) is 18.6 Å². The molecule has 0 aliphatic heterocycles. The summed E-state index contributed by atoms with van der Waals surface area (Å²) in [6, 6.07) is 0. The van der Waals surface area contributed by atoms with Gasteiger partial charge < -0.3 is 29.7 Å². The SMILES string of the molecule is CCCCCCCC/C=C/C/C=C/C=C/C(O)CCCC(=O)OC[C@H](COP(=O)(O)OC[C@@H](O)CO)OC(=O)CCCCCCCCCCCCCCCCCC(C)C. The van der Waals surface area contributed by atoms with Crippen LogP contribution in [0.4, 0.5) is 0 Å². The highest BCUT2D eigenvalue weighted by Gasteiger charge is 2.27. The molecule has 12 heteroatoms. The molecule has 0 spiro atoms. The number of ether oxygens (including phenoxy) is 2. The number of aliphatic hydroxyl groups excluding tert-OH is 3. The lowest BCUT2D eigenvalue weighted by molar-refractivity contribution is -0.161. The number of hydrogen-bond donors (Lipinski definition) is 4. The third-order valence-corrected chi connectivity index (χ3v) is 11.0. The summed E-state index contributed by atoms with van der Waals surface area (Å²) in [5.74, 6) is -0.296. The maximum Gasteiger partial charge on any atom is 0.472 e. The number of allylic oxidation sites excluding steroid dienone is 5. The number of phosphoric ester groups is 1. The van der Waals surface area contributed by atoms with Gasteiger partial charge in [0.15, 0.2) is 6.10 Å². The van der Waals surface area contributed by atoms with Gasteiger partial charge in [0.25, 0.3) is 0 Å². The Morgan fingerprint density at radius 2 is 1.15 bits per heavy atom. The van der Waals surface area contributed by atoms with E-state index in [0.29, 0.717) is 19.3 Å². The Kier molecular flexibility index (Phi) is 40.2. The largest absolute Gasteiger partial charge is 0.472 e. The average molecular weight is 859 g/mol. The van der Waals surface area contributed by atoms with Gasteiger partial charge in [0.2, 0.25) is 0 Å². The summed E-state index contributed by atoms with van der Waals surface area (Å²) in [6.07, 6.45) is 38.6. The summed E-state index contributed by atoms with van der Waals surface area (Å²) in [5.41, 5.74) is 0. The van der Waals surface area contributed by atoms with Crippen molar-refractivity contribution >= 4 is 19.8 Å². The number of esters is 2. The summed E-state index contributed by atoms with van der Waals surface area (Å²) >= 11 is 0. The second-order valence-corrected chi connectivity index (χ2v) is 17.9. The number of carbonyl (C=O) groups excluding carboxylic acids is 2. The molecule has 0 aromatic rings. The van der Waals surface area contributed by atoms with Crippen LogP contribution in [0.5, 0.6) is 0 Å². The summed E-state index contributed by atoms with van der Waals surface area (Å²) in [6.45, 7) is 4.52. The molecule has 0 saturated heterocycles. The standard InChI is InChI=1S/C47H87O11P/c1-4-5-6-7-8-9-10-14-18-21-24-27-30-34-43(49)35-32-37-46(51)55-40-45(41-57-59(53,54)56-39-44(50)38-48)58-47(52)36-31-28-25-22-19-16-13-11-12-15-17-20-23-26-29-33-42(2)3/h14,18,24,27,30,34,42-45,48-50H,4-13,15-17,19-23,25-26,28-29,31-33,35-41H2,1-3H3,(H,53,54)/b18-14+,27-24+,34-30+/t43?,44-,45+/m0/s1. The lowest BCUT2D eigenvalue weighted by Gasteiger charge is -2.20. The number of hydrogen-bond acceptors (Lipinski definition) is 10. The maximum absolute atomic E-state index is 12.6. The number of rotatable bonds is 43. The number of carbonyl (C=O) groups is 2. The molecule has 0 radical (unpaired) electrons. The molecule has 2 unspecified atom stereocenters. The second kappa shape index (κ2) is 41.5.